The summed E-state index contributed by atoms with van der Waals surface area (Å²) in [6.07, 6.45) is 0.940. The maximum absolute atomic E-state index is 13.7. The van der Waals surface area contributed by atoms with Crippen molar-refractivity contribution in [1.82, 2.24) is 7.68 Å². The van der Waals surface area contributed by atoms with E-state index in [2.05, 4.69) is 29.6 Å². The summed E-state index contributed by atoms with van der Waals surface area (Å²) in [6, 6.07) is 11.8. The van der Waals surface area contributed by atoms with Crippen LogP contribution in [0.15, 0.2) is 47.4 Å². The Bertz CT molecular complexity index is 1680. The number of halogens is 4. The molecule has 13 heteroatoms. The van der Waals surface area contributed by atoms with Crippen LogP contribution in [0, 0.1) is 17.8 Å². The average Bonchev–Trinajstić information content (AvgIpc) is 3.35. The molecule has 1 aromatic heterocycles. The first-order chi connectivity index (χ1) is 21.5. The molecule has 0 radical (unpaired) electrons. The normalized spacial score (nSPS) is 19.9. The molecule has 1 saturated carbocycles. The lowest BCUT2D eigenvalue weighted by molar-refractivity contribution is -0.140. The van der Waals surface area contributed by atoms with Gasteiger partial charge in [0.1, 0.15) is 12.3 Å². The van der Waals surface area contributed by atoms with E-state index < -0.39 is 22.6 Å². The van der Waals surface area contributed by atoms with Crippen molar-refractivity contribution in [3.05, 3.63) is 48.2 Å². The Morgan fingerprint density at radius 1 is 1.09 bits per heavy atom. The molecule has 0 unspecified atom stereocenters. The van der Waals surface area contributed by atoms with Crippen molar-refractivity contribution in [3.63, 3.8) is 0 Å². The van der Waals surface area contributed by atoms with Gasteiger partial charge in [-0.3, -0.25) is 0 Å². The van der Waals surface area contributed by atoms with Crippen LogP contribution >= 0.6 is 21.0 Å². The number of hydrogen-bond donors (Lipinski definition) is 2. The molecule has 5 rings (SSSR count). The number of hydrogen-bond acceptors (Lipinski definition) is 7. The monoisotopic (exact) mass is 758 g/mol. The number of fused-ring (bicyclic) bond motifs is 1. The Morgan fingerprint density at radius 2 is 1.84 bits per heavy atom. The second-order valence-corrected chi connectivity index (χ2v) is 15.9. The molecule has 3 aromatic rings. The lowest BCUT2D eigenvalue weighted by Gasteiger charge is -2.29. The summed E-state index contributed by atoms with van der Waals surface area (Å²) in [7, 11) is -1.98. The van der Waals surface area contributed by atoms with Crippen molar-refractivity contribution in [2.45, 2.75) is 49.3 Å². The molecule has 2 aliphatic rings. The van der Waals surface area contributed by atoms with Gasteiger partial charge in [-0.1, -0.05) is 12.0 Å². The molecular formula is C32H38F3IN4O4S. The molecule has 0 bridgehead atoms. The third kappa shape index (κ3) is 9.15. The fourth-order valence-corrected chi connectivity index (χ4v) is 8.81. The number of alkyl halides is 3. The molecule has 0 spiro atoms. The topological polar surface area (TPSA) is 84.8 Å². The summed E-state index contributed by atoms with van der Waals surface area (Å²) in [5.41, 5.74) is 2.09. The summed E-state index contributed by atoms with van der Waals surface area (Å²) in [4.78, 5) is 0.119. The van der Waals surface area contributed by atoms with Gasteiger partial charge in [0.25, 0.3) is 0 Å². The van der Waals surface area contributed by atoms with Gasteiger partial charge < -0.3 is 24.7 Å². The van der Waals surface area contributed by atoms with Crippen LogP contribution in [0.5, 0.6) is 5.75 Å². The van der Waals surface area contributed by atoms with E-state index in [9.17, 15) is 21.6 Å². The third-order valence-electron chi connectivity index (χ3n) is 7.93. The van der Waals surface area contributed by atoms with E-state index in [-0.39, 0.29) is 44.2 Å². The van der Waals surface area contributed by atoms with Crippen LogP contribution in [-0.2, 0) is 21.1 Å². The number of aromatic nitrogens is 1. The Hall–Kier alpha value is -2.80. The second-order valence-electron chi connectivity index (χ2n) is 11.3. The first-order valence-corrected chi connectivity index (χ1v) is 19.0. The van der Waals surface area contributed by atoms with E-state index in [1.165, 1.54) is 23.8 Å². The fourth-order valence-electron chi connectivity index (χ4n) is 5.59. The number of methoxy groups -OCH3 is 1. The van der Waals surface area contributed by atoms with E-state index in [1.54, 1.807) is 24.3 Å². The molecule has 0 atom stereocenters. The van der Waals surface area contributed by atoms with Gasteiger partial charge in [0.15, 0.2) is 9.84 Å². The van der Waals surface area contributed by atoms with E-state index >= 15 is 0 Å². The first kappa shape index (κ1) is 33.6. The number of anilines is 2. The Balaban J connectivity index is 1.29. The number of nitrogens with one attached hydrogen (secondary N) is 2. The molecule has 2 aromatic carbocycles. The molecule has 45 heavy (non-hydrogen) atoms. The predicted octanol–water partition coefficient (Wildman–Crippen LogP) is 6.07. The number of morpholine rings is 1. The van der Waals surface area contributed by atoms with Gasteiger partial charge in [-0.15, -0.1) is 0 Å². The molecule has 0 amide bonds. The van der Waals surface area contributed by atoms with Crippen LogP contribution in [0.2, 0.25) is 0 Å². The number of nitrogens with zero attached hydrogens (tertiary/aromatic N) is 2. The van der Waals surface area contributed by atoms with Crippen LogP contribution in [0.1, 0.15) is 31.4 Å². The smallest absolute Gasteiger partial charge is 0.406 e. The lowest BCUT2D eigenvalue weighted by atomic mass is 9.87. The summed E-state index contributed by atoms with van der Waals surface area (Å²) < 4.78 is 81.8. The van der Waals surface area contributed by atoms with Crippen molar-refractivity contribution in [2.75, 3.05) is 56.8 Å². The number of sulfone groups is 1. The summed E-state index contributed by atoms with van der Waals surface area (Å²) in [6.45, 7) is 2.66. The molecule has 2 heterocycles. The van der Waals surface area contributed by atoms with Crippen LogP contribution in [-0.4, -0.2) is 78.5 Å². The number of benzene rings is 2. The van der Waals surface area contributed by atoms with Gasteiger partial charge >= 0.3 is 6.18 Å². The lowest BCUT2D eigenvalue weighted by Crippen LogP contribution is -2.30. The Morgan fingerprint density at radius 3 is 2.53 bits per heavy atom. The van der Waals surface area contributed by atoms with Crippen LogP contribution < -0.4 is 15.4 Å². The average molecular weight is 759 g/mol. The van der Waals surface area contributed by atoms with Gasteiger partial charge in [0.2, 0.25) is 0 Å². The zero-order chi connectivity index (χ0) is 32.0. The molecule has 1 aliphatic carbocycles. The summed E-state index contributed by atoms with van der Waals surface area (Å²) in [5.74, 6) is 6.79. The van der Waals surface area contributed by atoms with Crippen molar-refractivity contribution in [1.29, 1.82) is 0 Å². The van der Waals surface area contributed by atoms with Crippen LogP contribution in [0.3, 0.4) is 0 Å². The molecule has 8 nitrogen and oxygen atoms in total. The Kier molecular flexibility index (Phi) is 11.0. The standard InChI is InChI=1S/C32H38F3IN4O4S/c1-43-31-20-26(45(2,41)42)12-13-29(31)37-14-4-5-25-19-27-28(6-3-7-30(27)40(25)22-32(33,34)35)38-24-10-8-23(9-11-24)21-36-39-15-17-44-18-16-39/h3,6-7,12-13,19-21,23-24,37-38H,8-11,14-18,22H2,1-2H3. The second kappa shape index (κ2) is 14.7. The maximum Gasteiger partial charge on any atom is 0.406 e. The maximum atomic E-state index is 13.7. The zero-order valence-electron chi connectivity index (χ0n) is 25.3. The van der Waals surface area contributed by atoms with Gasteiger partial charge in [-0.25, -0.2) is 11.5 Å². The fraction of sp³-hybridized carbons (Fsp3) is 0.469. The Labute approximate surface area is 272 Å². The molecule has 1 aliphatic heterocycles. The van der Waals surface area contributed by atoms with Crippen LogP contribution in [0.4, 0.5) is 24.5 Å². The van der Waals surface area contributed by atoms with Crippen LogP contribution in [0.25, 0.3) is 10.9 Å². The highest BCUT2D eigenvalue weighted by atomic mass is 127. The SMILES string of the molecule is COc1cc(S(C)(=O)=O)ccc1NCC#Cc1cc2c(NC3CCC(C=IN4CCOCC4)CC3)cccc2n1CC(F)(F)F. The van der Waals surface area contributed by atoms with Gasteiger partial charge in [-0.2, -0.15) is 13.2 Å². The quantitative estimate of drug-likeness (QED) is 0.156. The number of ether oxygens (including phenoxy) is 2. The van der Waals surface area contributed by atoms with Gasteiger partial charge in [-0.05, 0) is 92.9 Å². The molecule has 2 fully saturated rings. The van der Waals surface area contributed by atoms with Crippen molar-refractivity contribution in [3.8, 4) is 17.6 Å². The van der Waals surface area contributed by atoms with E-state index in [4.69, 9.17) is 9.47 Å². The number of rotatable bonds is 9. The zero-order valence-corrected chi connectivity index (χ0v) is 28.3. The van der Waals surface area contributed by atoms with Crippen molar-refractivity contribution < 1.29 is 31.1 Å². The van der Waals surface area contributed by atoms with Gasteiger partial charge in [0, 0.05) is 42.5 Å². The minimum atomic E-state index is -4.42. The van der Waals surface area contributed by atoms with E-state index in [1.807, 2.05) is 6.07 Å². The predicted molar refractivity (Wildman–Crippen MR) is 181 cm³/mol. The molecule has 1 saturated heterocycles. The largest absolute Gasteiger partial charge is 0.495 e. The van der Waals surface area contributed by atoms with Crippen molar-refractivity contribution >= 4 is 57.1 Å². The van der Waals surface area contributed by atoms with E-state index in [0.29, 0.717) is 28.3 Å². The highest BCUT2D eigenvalue weighted by molar-refractivity contribution is 14.2. The molecular weight excluding hydrogens is 720 g/mol. The molecule has 244 valence electrons. The van der Waals surface area contributed by atoms with Crippen molar-refractivity contribution in [2.24, 2.45) is 5.92 Å². The first-order valence-electron chi connectivity index (χ1n) is 14.9. The molecule has 2 N–H and O–H groups in total. The van der Waals surface area contributed by atoms with Gasteiger partial charge in [0.05, 0.1) is 48.7 Å². The highest BCUT2D eigenvalue weighted by Gasteiger charge is 2.30. The third-order valence-corrected chi connectivity index (χ3v) is 12.1. The highest BCUT2D eigenvalue weighted by Crippen LogP contribution is 2.33. The minimum Gasteiger partial charge on any atom is -0.495 e. The van der Waals surface area contributed by atoms with E-state index in [0.717, 1.165) is 63.9 Å². The summed E-state index contributed by atoms with van der Waals surface area (Å²) in [5, 5.41) is 7.40. The minimum absolute atomic E-state index is 0.0835. The summed E-state index contributed by atoms with van der Waals surface area (Å²) >= 11 is -0.0835.